The molecule has 0 aliphatic rings. The maximum atomic E-state index is 12.6. The number of fused-ring (bicyclic) bond motifs is 1. The van der Waals surface area contributed by atoms with E-state index in [-0.39, 0.29) is 5.91 Å². The van der Waals surface area contributed by atoms with Crippen LogP contribution in [0, 0.1) is 6.92 Å². The molecule has 2 aromatic heterocycles. The molecule has 0 aliphatic heterocycles. The number of amides is 1. The molecule has 4 N–H and O–H groups in total. The molecule has 4 rings (SSSR count). The predicted molar refractivity (Wildman–Crippen MR) is 116 cm³/mol. The van der Waals surface area contributed by atoms with Crippen LogP contribution in [-0.4, -0.2) is 26.1 Å². The van der Waals surface area contributed by atoms with E-state index < -0.39 is 6.10 Å². The second-order valence-electron chi connectivity index (χ2n) is 6.80. The van der Waals surface area contributed by atoms with Crippen LogP contribution in [0.5, 0.6) is 5.75 Å². The number of rotatable bonds is 5. The van der Waals surface area contributed by atoms with Crippen molar-refractivity contribution in [2.75, 3.05) is 11.1 Å². The molecule has 0 spiro atoms. The van der Waals surface area contributed by atoms with Crippen molar-refractivity contribution in [1.29, 1.82) is 0 Å². The van der Waals surface area contributed by atoms with Gasteiger partial charge in [-0.1, -0.05) is 17.7 Å². The maximum absolute atomic E-state index is 12.6. The quantitative estimate of drug-likeness (QED) is 0.441. The second-order valence-corrected chi connectivity index (χ2v) is 7.23. The molecule has 1 amide bonds. The van der Waals surface area contributed by atoms with Crippen LogP contribution in [0.15, 0.2) is 48.8 Å². The Kier molecular flexibility index (Phi) is 5.24. The first-order valence-electron chi connectivity index (χ1n) is 9.21. The van der Waals surface area contributed by atoms with Gasteiger partial charge in [0.2, 0.25) is 0 Å². The Labute approximate surface area is 177 Å². The normalized spacial score (nSPS) is 12.0. The molecule has 30 heavy (non-hydrogen) atoms. The molecule has 0 aliphatic carbocycles. The van der Waals surface area contributed by atoms with E-state index in [4.69, 9.17) is 22.1 Å². The van der Waals surface area contributed by atoms with Gasteiger partial charge in [-0.25, -0.2) is 9.97 Å². The summed E-state index contributed by atoms with van der Waals surface area (Å²) in [7, 11) is 0. The van der Waals surface area contributed by atoms with Gasteiger partial charge in [0.1, 0.15) is 24.0 Å². The van der Waals surface area contributed by atoms with Gasteiger partial charge in [0, 0.05) is 16.3 Å². The van der Waals surface area contributed by atoms with Gasteiger partial charge in [0.05, 0.1) is 11.1 Å². The number of anilines is 2. The zero-order valence-corrected chi connectivity index (χ0v) is 17.1. The SMILES string of the molecule is Cc1ccc(C(=O)Nc2ccc(Cl)cc2)cc1OC(C)c1[nH]nc2ncnc(N)c12. The Morgan fingerprint density at radius 1 is 1.20 bits per heavy atom. The predicted octanol–water partition coefficient (Wildman–Crippen LogP) is 4.29. The molecule has 1 unspecified atom stereocenters. The maximum Gasteiger partial charge on any atom is 0.255 e. The lowest BCUT2D eigenvalue weighted by Crippen LogP contribution is -2.13. The van der Waals surface area contributed by atoms with Gasteiger partial charge in [-0.15, -0.1) is 0 Å². The van der Waals surface area contributed by atoms with Crippen molar-refractivity contribution < 1.29 is 9.53 Å². The van der Waals surface area contributed by atoms with Crippen LogP contribution in [0.4, 0.5) is 11.5 Å². The average Bonchev–Trinajstić information content (AvgIpc) is 3.17. The Morgan fingerprint density at radius 2 is 1.97 bits per heavy atom. The standard InChI is InChI=1S/C21H19ClN6O2/c1-11-3-4-13(21(29)26-15-7-5-14(22)6-8-15)9-16(11)30-12(2)18-17-19(23)24-10-25-20(17)28-27-18/h3-10,12H,1-2H3,(H,26,29)(H3,23,24,25,27,28). The summed E-state index contributed by atoms with van der Waals surface area (Å²) in [6, 6.07) is 12.2. The van der Waals surface area contributed by atoms with E-state index >= 15 is 0 Å². The molecule has 0 saturated heterocycles. The van der Waals surface area contributed by atoms with Crippen molar-refractivity contribution >= 4 is 40.0 Å². The number of nitrogens with one attached hydrogen (secondary N) is 2. The molecule has 152 valence electrons. The van der Waals surface area contributed by atoms with E-state index in [1.54, 1.807) is 36.4 Å². The number of benzene rings is 2. The number of carbonyl (C=O) groups is 1. The zero-order chi connectivity index (χ0) is 21.3. The number of aryl methyl sites for hydroxylation is 1. The van der Waals surface area contributed by atoms with Crippen molar-refractivity contribution in [1.82, 2.24) is 20.2 Å². The first-order valence-corrected chi connectivity index (χ1v) is 9.59. The topological polar surface area (TPSA) is 119 Å². The third kappa shape index (κ3) is 3.90. The first kappa shape index (κ1) is 19.7. The van der Waals surface area contributed by atoms with Crippen molar-refractivity contribution in [3.8, 4) is 5.75 Å². The molecule has 2 aromatic carbocycles. The highest BCUT2D eigenvalue weighted by Crippen LogP contribution is 2.30. The fraction of sp³-hybridized carbons (Fsp3) is 0.143. The molecule has 0 fully saturated rings. The number of hydrogen-bond donors (Lipinski definition) is 3. The highest BCUT2D eigenvalue weighted by molar-refractivity contribution is 6.30. The van der Waals surface area contributed by atoms with E-state index in [2.05, 4.69) is 25.5 Å². The van der Waals surface area contributed by atoms with Crippen molar-refractivity contribution in [3.05, 3.63) is 70.6 Å². The van der Waals surface area contributed by atoms with Gasteiger partial charge < -0.3 is 15.8 Å². The van der Waals surface area contributed by atoms with Crippen LogP contribution in [0.2, 0.25) is 5.02 Å². The van der Waals surface area contributed by atoms with Crippen LogP contribution in [0.1, 0.15) is 34.6 Å². The minimum Gasteiger partial charge on any atom is -0.484 e. The van der Waals surface area contributed by atoms with Gasteiger partial charge in [0.15, 0.2) is 5.65 Å². The number of aromatic amines is 1. The first-order chi connectivity index (χ1) is 14.4. The summed E-state index contributed by atoms with van der Waals surface area (Å²) in [6.07, 6.45) is 0.942. The number of nitrogens with two attached hydrogens (primary N) is 1. The summed E-state index contributed by atoms with van der Waals surface area (Å²) in [5.74, 6) is 0.649. The molecule has 0 bridgehead atoms. The fourth-order valence-corrected chi connectivity index (χ4v) is 3.18. The summed E-state index contributed by atoms with van der Waals surface area (Å²) in [5, 5.41) is 11.1. The second kappa shape index (κ2) is 8.00. The minimum atomic E-state index is -0.420. The van der Waals surface area contributed by atoms with E-state index in [9.17, 15) is 4.79 Å². The summed E-state index contributed by atoms with van der Waals surface area (Å²) in [4.78, 5) is 20.8. The van der Waals surface area contributed by atoms with E-state index in [1.165, 1.54) is 6.33 Å². The largest absolute Gasteiger partial charge is 0.484 e. The van der Waals surface area contributed by atoms with E-state index in [0.29, 0.717) is 44.6 Å². The molecular weight excluding hydrogens is 404 g/mol. The van der Waals surface area contributed by atoms with Crippen LogP contribution in [0.25, 0.3) is 11.0 Å². The lowest BCUT2D eigenvalue weighted by molar-refractivity contribution is 0.102. The van der Waals surface area contributed by atoms with Gasteiger partial charge in [-0.05, 0) is 55.8 Å². The molecule has 8 nitrogen and oxygen atoms in total. The number of H-pyrrole nitrogens is 1. The van der Waals surface area contributed by atoms with Crippen LogP contribution < -0.4 is 15.8 Å². The van der Waals surface area contributed by atoms with Gasteiger partial charge in [-0.2, -0.15) is 5.10 Å². The Morgan fingerprint density at radius 3 is 2.73 bits per heavy atom. The molecule has 0 radical (unpaired) electrons. The Balaban J connectivity index is 1.57. The highest BCUT2D eigenvalue weighted by atomic mass is 35.5. The third-order valence-corrected chi connectivity index (χ3v) is 4.92. The van der Waals surface area contributed by atoms with Gasteiger partial charge in [-0.3, -0.25) is 9.89 Å². The highest BCUT2D eigenvalue weighted by Gasteiger charge is 2.19. The lowest BCUT2D eigenvalue weighted by Gasteiger charge is -2.17. The summed E-state index contributed by atoms with van der Waals surface area (Å²) < 4.78 is 6.13. The number of hydrogen-bond acceptors (Lipinski definition) is 6. The summed E-state index contributed by atoms with van der Waals surface area (Å²) >= 11 is 5.89. The molecular formula is C21H19ClN6O2. The monoisotopic (exact) mass is 422 g/mol. The smallest absolute Gasteiger partial charge is 0.255 e. The third-order valence-electron chi connectivity index (χ3n) is 4.67. The van der Waals surface area contributed by atoms with Crippen molar-refractivity contribution in [2.24, 2.45) is 0 Å². The van der Waals surface area contributed by atoms with E-state index in [0.717, 1.165) is 5.56 Å². The number of nitrogen functional groups attached to an aromatic ring is 1. The Hall–Kier alpha value is -3.65. The number of carbonyl (C=O) groups excluding carboxylic acids is 1. The van der Waals surface area contributed by atoms with Crippen LogP contribution in [0.3, 0.4) is 0 Å². The molecule has 2 heterocycles. The number of nitrogens with zero attached hydrogens (tertiary/aromatic N) is 3. The number of ether oxygens (including phenoxy) is 1. The van der Waals surface area contributed by atoms with Crippen molar-refractivity contribution in [2.45, 2.75) is 20.0 Å². The van der Waals surface area contributed by atoms with Crippen molar-refractivity contribution in [3.63, 3.8) is 0 Å². The minimum absolute atomic E-state index is 0.250. The molecule has 4 aromatic rings. The molecule has 0 saturated carbocycles. The zero-order valence-electron chi connectivity index (χ0n) is 16.3. The summed E-state index contributed by atoms with van der Waals surface area (Å²) in [5.41, 5.74) is 9.13. The number of aromatic nitrogens is 4. The van der Waals surface area contributed by atoms with Gasteiger partial charge >= 0.3 is 0 Å². The van der Waals surface area contributed by atoms with Crippen LogP contribution in [-0.2, 0) is 0 Å². The van der Waals surface area contributed by atoms with Crippen LogP contribution >= 0.6 is 11.6 Å². The summed E-state index contributed by atoms with van der Waals surface area (Å²) in [6.45, 7) is 3.77. The number of halogens is 1. The van der Waals surface area contributed by atoms with Gasteiger partial charge in [0.25, 0.3) is 5.91 Å². The lowest BCUT2D eigenvalue weighted by atomic mass is 10.1. The average molecular weight is 423 g/mol. The molecule has 9 heteroatoms. The molecule has 1 atom stereocenters. The van der Waals surface area contributed by atoms with E-state index in [1.807, 2.05) is 19.9 Å². The fourth-order valence-electron chi connectivity index (χ4n) is 3.05. The Bertz CT molecular complexity index is 1220.